The van der Waals surface area contributed by atoms with Crippen LogP contribution in [-0.4, -0.2) is 42.1 Å². The third kappa shape index (κ3) is 2.48. The van der Waals surface area contributed by atoms with E-state index in [0.29, 0.717) is 6.04 Å². The maximum Gasteiger partial charge on any atom is 0.146 e. The molecule has 0 spiro atoms. The standard InChI is InChI=1S/C14H22N4/c1-17(2)14-9-15-8-12(16-14)13-4-3-7-18(13)10-11-5-6-11/h8-9,11,13H,3-7,10H2,1-2H3. The van der Waals surface area contributed by atoms with Crippen LogP contribution < -0.4 is 4.90 Å². The quantitative estimate of drug-likeness (QED) is 0.814. The molecule has 1 unspecified atom stereocenters. The van der Waals surface area contributed by atoms with Crippen LogP contribution in [0.2, 0.25) is 0 Å². The first-order valence-corrected chi connectivity index (χ1v) is 6.97. The van der Waals surface area contributed by atoms with Gasteiger partial charge in [-0.05, 0) is 38.1 Å². The first-order chi connectivity index (χ1) is 8.74. The largest absolute Gasteiger partial charge is 0.361 e. The smallest absolute Gasteiger partial charge is 0.146 e. The minimum Gasteiger partial charge on any atom is -0.361 e. The molecule has 1 aromatic rings. The van der Waals surface area contributed by atoms with E-state index in [2.05, 4.69) is 9.88 Å². The van der Waals surface area contributed by atoms with Crippen LogP contribution >= 0.6 is 0 Å². The molecule has 0 radical (unpaired) electrons. The average molecular weight is 246 g/mol. The van der Waals surface area contributed by atoms with Crippen LogP contribution in [0.3, 0.4) is 0 Å². The summed E-state index contributed by atoms with van der Waals surface area (Å²) in [4.78, 5) is 13.7. The van der Waals surface area contributed by atoms with Gasteiger partial charge in [-0.1, -0.05) is 0 Å². The molecule has 1 atom stereocenters. The van der Waals surface area contributed by atoms with Gasteiger partial charge in [0.25, 0.3) is 0 Å². The molecule has 2 fully saturated rings. The minimum atomic E-state index is 0.498. The Bertz CT molecular complexity index is 414. The third-order valence-electron chi connectivity index (χ3n) is 3.99. The van der Waals surface area contributed by atoms with Gasteiger partial charge in [-0.15, -0.1) is 0 Å². The second-order valence-electron chi connectivity index (χ2n) is 5.79. The Hall–Kier alpha value is -1.16. The number of aromatic nitrogens is 2. The molecule has 0 N–H and O–H groups in total. The molecule has 3 rings (SSSR count). The average Bonchev–Trinajstić information content (AvgIpc) is 3.06. The lowest BCUT2D eigenvalue weighted by molar-refractivity contribution is 0.242. The Morgan fingerprint density at radius 1 is 1.28 bits per heavy atom. The van der Waals surface area contributed by atoms with Gasteiger partial charge in [0.1, 0.15) is 5.82 Å². The van der Waals surface area contributed by atoms with Crippen molar-refractivity contribution in [2.75, 3.05) is 32.1 Å². The Morgan fingerprint density at radius 2 is 2.11 bits per heavy atom. The number of hydrogen-bond acceptors (Lipinski definition) is 4. The summed E-state index contributed by atoms with van der Waals surface area (Å²) in [6, 6.07) is 0.498. The van der Waals surface area contributed by atoms with Gasteiger partial charge in [0.05, 0.1) is 24.1 Å². The molecule has 1 aromatic heterocycles. The molecule has 1 saturated carbocycles. The van der Waals surface area contributed by atoms with Crippen molar-refractivity contribution in [3.63, 3.8) is 0 Å². The van der Waals surface area contributed by atoms with Crippen LogP contribution in [0.1, 0.15) is 37.4 Å². The summed E-state index contributed by atoms with van der Waals surface area (Å²) in [6.45, 7) is 2.49. The van der Waals surface area contributed by atoms with Crippen LogP contribution in [0.15, 0.2) is 12.4 Å². The highest BCUT2D eigenvalue weighted by molar-refractivity contribution is 5.34. The lowest BCUT2D eigenvalue weighted by Crippen LogP contribution is -2.26. The van der Waals surface area contributed by atoms with Crippen LogP contribution in [0.25, 0.3) is 0 Å². The molecule has 2 aliphatic rings. The van der Waals surface area contributed by atoms with Crippen LogP contribution in [0.5, 0.6) is 0 Å². The van der Waals surface area contributed by atoms with E-state index < -0.39 is 0 Å². The molecule has 98 valence electrons. The van der Waals surface area contributed by atoms with Gasteiger partial charge >= 0.3 is 0 Å². The summed E-state index contributed by atoms with van der Waals surface area (Å²) in [5.41, 5.74) is 1.15. The lowest BCUT2D eigenvalue weighted by Gasteiger charge is -2.24. The Balaban J connectivity index is 1.77. The van der Waals surface area contributed by atoms with Crippen molar-refractivity contribution < 1.29 is 0 Å². The number of anilines is 1. The number of rotatable bonds is 4. The van der Waals surface area contributed by atoms with Crippen molar-refractivity contribution in [2.24, 2.45) is 5.92 Å². The van der Waals surface area contributed by atoms with Gasteiger partial charge < -0.3 is 4.90 Å². The molecule has 4 nitrogen and oxygen atoms in total. The number of hydrogen-bond donors (Lipinski definition) is 0. The fourth-order valence-corrected chi connectivity index (χ4v) is 2.76. The molecule has 4 heteroatoms. The van der Waals surface area contributed by atoms with E-state index in [-0.39, 0.29) is 0 Å². The van der Waals surface area contributed by atoms with Gasteiger partial charge in [-0.25, -0.2) is 4.98 Å². The van der Waals surface area contributed by atoms with Crippen molar-refractivity contribution >= 4 is 5.82 Å². The molecule has 1 saturated heterocycles. The van der Waals surface area contributed by atoms with E-state index in [0.717, 1.165) is 17.4 Å². The molecule has 1 aliphatic carbocycles. The molecule has 2 heterocycles. The van der Waals surface area contributed by atoms with E-state index in [1.54, 1.807) is 0 Å². The van der Waals surface area contributed by atoms with Crippen molar-refractivity contribution in [3.8, 4) is 0 Å². The molecular formula is C14H22N4. The minimum absolute atomic E-state index is 0.498. The van der Waals surface area contributed by atoms with Crippen molar-refractivity contribution in [2.45, 2.75) is 31.7 Å². The Kier molecular flexibility index (Phi) is 3.20. The highest BCUT2D eigenvalue weighted by atomic mass is 15.2. The molecule has 0 bridgehead atoms. The van der Waals surface area contributed by atoms with E-state index in [9.17, 15) is 0 Å². The Morgan fingerprint density at radius 3 is 2.83 bits per heavy atom. The zero-order valence-electron chi connectivity index (χ0n) is 11.3. The maximum atomic E-state index is 4.75. The summed E-state index contributed by atoms with van der Waals surface area (Å²) < 4.78 is 0. The van der Waals surface area contributed by atoms with E-state index in [1.807, 2.05) is 31.4 Å². The monoisotopic (exact) mass is 246 g/mol. The zero-order chi connectivity index (χ0) is 12.5. The fraction of sp³-hybridized carbons (Fsp3) is 0.714. The summed E-state index contributed by atoms with van der Waals surface area (Å²) >= 11 is 0. The lowest BCUT2D eigenvalue weighted by atomic mass is 10.1. The van der Waals surface area contributed by atoms with Crippen molar-refractivity contribution in [3.05, 3.63) is 18.1 Å². The van der Waals surface area contributed by atoms with Crippen LogP contribution in [-0.2, 0) is 0 Å². The van der Waals surface area contributed by atoms with Crippen molar-refractivity contribution in [1.29, 1.82) is 0 Å². The summed E-state index contributed by atoms with van der Waals surface area (Å²) in [6.07, 6.45) is 9.16. The Labute approximate surface area is 109 Å². The van der Waals surface area contributed by atoms with E-state index >= 15 is 0 Å². The highest BCUT2D eigenvalue weighted by Gasteiger charge is 2.32. The normalized spacial score (nSPS) is 24.4. The molecule has 1 aliphatic heterocycles. The fourth-order valence-electron chi connectivity index (χ4n) is 2.76. The summed E-state index contributed by atoms with van der Waals surface area (Å²) in [5, 5.41) is 0. The van der Waals surface area contributed by atoms with Crippen LogP contribution in [0, 0.1) is 5.92 Å². The molecular weight excluding hydrogens is 224 g/mol. The predicted octanol–water partition coefficient (Wildman–Crippen LogP) is 2.09. The van der Waals surface area contributed by atoms with Gasteiger partial charge in [-0.2, -0.15) is 0 Å². The zero-order valence-corrected chi connectivity index (χ0v) is 11.3. The van der Waals surface area contributed by atoms with Gasteiger partial charge in [0.15, 0.2) is 0 Å². The first-order valence-electron chi connectivity index (χ1n) is 6.97. The van der Waals surface area contributed by atoms with Gasteiger partial charge in [0, 0.05) is 20.6 Å². The number of likely N-dealkylation sites (tertiary alicyclic amines) is 1. The van der Waals surface area contributed by atoms with Gasteiger partial charge in [0.2, 0.25) is 0 Å². The summed E-state index contributed by atoms with van der Waals surface area (Å²) in [5.74, 6) is 1.92. The number of nitrogens with zero attached hydrogens (tertiary/aromatic N) is 4. The van der Waals surface area contributed by atoms with Crippen molar-refractivity contribution in [1.82, 2.24) is 14.9 Å². The first kappa shape index (κ1) is 11.9. The molecule has 18 heavy (non-hydrogen) atoms. The molecule has 0 amide bonds. The highest BCUT2D eigenvalue weighted by Crippen LogP contribution is 2.37. The van der Waals surface area contributed by atoms with Crippen LogP contribution in [0.4, 0.5) is 5.82 Å². The SMILES string of the molecule is CN(C)c1cncc(C2CCCN2CC2CC2)n1. The second kappa shape index (κ2) is 4.84. The third-order valence-corrected chi connectivity index (χ3v) is 3.99. The molecule has 0 aromatic carbocycles. The van der Waals surface area contributed by atoms with E-state index in [1.165, 1.54) is 38.8 Å². The summed E-state index contributed by atoms with van der Waals surface area (Å²) in [7, 11) is 4.04. The second-order valence-corrected chi connectivity index (χ2v) is 5.79. The maximum absolute atomic E-state index is 4.75. The van der Waals surface area contributed by atoms with E-state index in [4.69, 9.17) is 4.98 Å². The predicted molar refractivity (Wildman–Crippen MR) is 72.6 cm³/mol. The van der Waals surface area contributed by atoms with Gasteiger partial charge in [-0.3, -0.25) is 9.88 Å². The topological polar surface area (TPSA) is 32.3 Å².